The molecule has 1 aromatic rings. The molecular weight excluding hydrogens is 276 g/mol. The molecule has 0 aliphatic rings. The molecule has 0 bridgehead atoms. The minimum atomic E-state index is -3.53. The topological polar surface area (TPSA) is 69.6 Å². The van der Waals surface area contributed by atoms with Gasteiger partial charge in [0.15, 0.2) is 0 Å². The predicted octanol–water partition coefficient (Wildman–Crippen LogP) is 1.58. The Hall–Kier alpha value is -1.11. The fourth-order valence-electron chi connectivity index (χ4n) is 1.87. The summed E-state index contributed by atoms with van der Waals surface area (Å²) in [5, 5.41) is 9.34. The van der Waals surface area contributed by atoms with Crippen molar-refractivity contribution in [2.75, 3.05) is 18.5 Å². The highest BCUT2D eigenvalue weighted by molar-refractivity contribution is 7.89. The molecule has 1 aromatic carbocycles. The van der Waals surface area contributed by atoms with Crippen molar-refractivity contribution in [2.24, 2.45) is 0 Å². The lowest BCUT2D eigenvalue weighted by molar-refractivity contribution is 0.187. The van der Waals surface area contributed by atoms with E-state index < -0.39 is 16.1 Å². The van der Waals surface area contributed by atoms with E-state index in [0.29, 0.717) is 18.7 Å². The molecule has 6 heteroatoms. The van der Waals surface area contributed by atoms with E-state index in [1.54, 1.807) is 39.0 Å². The summed E-state index contributed by atoms with van der Waals surface area (Å²) in [5.74, 6) is 0. The third kappa shape index (κ3) is 4.77. The van der Waals surface area contributed by atoms with Crippen molar-refractivity contribution >= 4 is 15.7 Å². The van der Waals surface area contributed by atoms with Crippen LogP contribution >= 0.6 is 0 Å². The van der Waals surface area contributed by atoms with Gasteiger partial charge in [-0.3, -0.25) is 0 Å². The Morgan fingerprint density at radius 3 is 2.40 bits per heavy atom. The number of sulfonamides is 1. The number of hydrogen-bond donors (Lipinski definition) is 2. The van der Waals surface area contributed by atoms with Gasteiger partial charge in [-0.05, 0) is 39.3 Å². The highest BCUT2D eigenvalue weighted by atomic mass is 32.2. The number of aliphatic hydroxyl groups is 1. The Morgan fingerprint density at radius 2 is 1.85 bits per heavy atom. The van der Waals surface area contributed by atoms with E-state index in [9.17, 15) is 13.5 Å². The Labute approximate surface area is 121 Å². The predicted molar refractivity (Wildman–Crippen MR) is 81.5 cm³/mol. The van der Waals surface area contributed by atoms with Gasteiger partial charge in [-0.15, -0.1) is 0 Å². The van der Waals surface area contributed by atoms with Crippen LogP contribution in [0.3, 0.4) is 0 Å². The van der Waals surface area contributed by atoms with Crippen molar-refractivity contribution < 1.29 is 13.5 Å². The van der Waals surface area contributed by atoms with Crippen LogP contribution in [0.1, 0.15) is 27.2 Å². The van der Waals surface area contributed by atoms with Crippen LogP contribution in [-0.4, -0.2) is 39.3 Å². The number of nitrogens with one attached hydrogen (secondary N) is 1. The number of aliphatic hydroxyl groups excluding tert-OH is 1. The second-order valence-electron chi connectivity index (χ2n) is 5.30. The molecule has 1 rings (SSSR count). The van der Waals surface area contributed by atoms with Gasteiger partial charge in [-0.2, -0.15) is 0 Å². The van der Waals surface area contributed by atoms with Crippen LogP contribution < -0.4 is 9.62 Å². The first-order valence-corrected chi connectivity index (χ1v) is 8.23. The smallest absolute Gasteiger partial charge is 0.242 e. The summed E-state index contributed by atoms with van der Waals surface area (Å²) in [6.07, 6.45) is 0.178. The van der Waals surface area contributed by atoms with Gasteiger partial charge >= 0.3 is 0 Å². The molecular formula is C14H24N2O3S. The quantitative estimate of drug-likeness (QED) is 0.802. The van der Waals surface area contributed by atoms with Crippen molar-refractivity contribution in [3.8, 4) is 0 Å². The molecule has 1 atom stereocenters. The van der Waals surface area contributed by atoms with Gasteiger partial charge in [-0.1, -0.05) is 12.1 Å². The van der Waals surface area contributed by atoms with E-state index in [-0.39, 0.29) is 10.9 Å². The highest BCUT2D eigenvalue weighted by Gasteiger charge is 2.20. The number of para-hydroxylation sites is 1. The number of nitrogens with zero attached hydrogens (tertiary/aromatic N) is 1. The molecule has 0 aliphatic carbocycles. The number of rotatable bonds is 7. The van der Waals surface area contributed by atoms with Gasteiger partial charge in [-0.25, -0.2) is 13.1 Å². The molecule has 1 unspecified atom stereocenters. The molecule has 20 heavy (non-hydrogen) atoms. The third-order valence-corrected chi connectivity index (χ3v) is 4.55. The Morgan fingerprint density at radius 1 is 1.25 bits per heavy atom. The zero-order chi connectivity index (χ0) is 15.3. The average Bonchev–Trinajstić information content (AvgIpc) is 2.34. The lowest BCUT2D eigenvalue weighted by atomic mass is 10.2. The number of benzene rings is 1. The fraction of sp³-hybridized carbons (Fsp3) is 0.571. The number of anilines is 1. The first kappa shape index (κ1) is 16.9. The SMILES string of the molecule is CC(O)CCN(C)c1ccccc1S(=O)(=O)NC(C)C. The Kier molecular flexibility index (Phi) is 5.98. The Balaban J connectivity index is 3.04. The molecule has 0 aliphatic heterocycles. The minimum Gasteiger partial charge on any atom is -0.393 e. The first-order chi connectivity index (χ1) is 9.24. The summed E-state index contributed by atoms with van der Waals surface area (Å²) >= 11 is 0. The molecule has 114 valence electrons. The van der Waals surface area contributed by atoms with Crippen LogP contribution in [0.25, 0.3) is 0 Å². The van der Waals surface area contributed by atoms with E-state index in [0.717, 1.165) is 0 Å². The largest absolute Gasteiger partial charge is 0.393 e. The van der Waals surface area contributed by atoms with E-state index in [2.05, 4.69) is 4.72 Å². The zero-order valence-electron chi connectivity index (χ0n) is 12.5. The molecule has 2 N–H and O–H groups in total. The lowest BCUT2D eigenvalue weighted by Crippen LogP contribution is -2.32. The van der Waals surface area contributed by atoms with Crippen LogP contribution in [0.2, 0.25) is 0 Å². The number of hydrogen-bond acceptors (Lipinski definition) is 4. The van der Waals surface area contributed by atoms with Crippen molar-refractivity contribution in [3.05, 3.63) is 24.3 Å². The Bertz CT molecular complexity index is 527. The van der Waals surface area contributed by atoms with Crippen LogP contribution in [0.5, 0.6) is 0 Å². The standard InChI is InChI=1S/C14H24N2O3S/c1-11(2)15-20(18,19)14-8-6-5-7-13(14)16(4)10-9-12(3)17/h5-8,11-12,15,17H,9-10H2,1-4H3. The van der Waals surface area contributed by atoms with Gasteiger partial charge < -0.3 is 10.0 Å². The zero-order valence-corrected chi connectivity index (χ0v) is 13.3. The summed E-state index contributed by atoms with van der Waals surface area (Å²) in [6.45, 7) is 5.89. The second-order valence-corrected chi connectivity index (χ2v) is 6.99. The molecule has 0 spiro atoms. The van der Waals surface area contributed by atoms with Crippen molar-refractivity contribution in [3.63, 3.8) is 0 Å². The summed E-state index contributed by atoms with van der Waals surface area (Å²) in [4.78, 5) is 2.11. The van der Waals surface area contributed by atoms with Gasteiger partial charge in [0.05, 0.1) is 11.8 Å². The minimum absolute atomic E-state index is 0.157. The molecule has 0 heterocycles. The summed E-state index contributed by atoms with van der Waals surface area (Å²) in [5.41, 5.74) is 0.640. The monoisotopic (exact) mass is 300 g/mol. The maximum Gasteiger partial charge on any atom is 0.242 e. The first-order valence-electron chi connectivity index (χ1n) is 6.74. The van der Waals surface area contributed by atoms with Crippen molar-refractivity contribution in [1.29, 1.82) is 0 Å². The average molecular weight is 300 g/mol. The van der Waals surface area contributed by atoms with Gasteiger partial charge in [0.2, 0.25) is 10.0 Å². The molecule has 0 radical (unpaired) electrons. The second kappa shape index (κ2) is 7.06. The van der Waals surface area contributed by atoms with Crippen molar-refractivity contribution in [1.82, 2.24) is 4.72 Å². The molecule has 0 saturated heterocycles. The molecule has 0 fully saturated rings. The van der Waals surface area contributed by atoms with Crippen LogP contribution in [0.4, 0.5) is 5.69 Å². The van der Waals surface area contributed by atoms with E-state index in [4.69, 9.17) is 0 Å². The lowest BCUT2D eigenvalue weighted by Gasteiger charge is -2.23. The normalized spacial score (nSPS) is 13.5. The van der Waals surface area contributed by atoms with E-state index in [1.807, 2.05) is 18.0 Å². The van der Waals surface area contributed by atoms with E-state index in [1.165, 1.54) is 0 Å². The van der Waals surface area contributed by atoms with Crippen LogP contribution in [0.15, 0.2) is 29.2 Å². The van der Waals surface area contributed by atoms with Gasteiger partial charge in [0, 0.05) is 19.6 Å². The maximum absolute atomic E-state index is 12.3. The molecule has 0 amide bonds. The highest BCUT2D eigenvalue weighted by Crippen LogP contribution is 2.24. The summed E-state index contributed by atoms with van der Waals surface area (Å²) in [6, 6.07) is 6.73. The van der Waals surface area contributed by atoms with Crippen LogP contribution in [-0.2, 0) is 10.0 Å². The summed E-state index contributed by atoms with van der Waals surface area (Å²) < 4.78 is 27.2. The van der Waals surface area contributed by atoms with Gasteiger partial charge in [0.25, 0.3) is 0 Å². The van der Waals surface area contributed by atoms with Crippen LogP contribution in [0, 0.1) is 0 Å². The third-order valence-electron chi connectivity index (χ3n) is 2.84. The molecule has 0 aromatic heterocycles. The molecule has 5 nitrogen and oxygen atoms in total. The van der Waals surface area contributed by atoms with E-state index >= 15 is 0 Å². The molecule has 0 saturated carbocycles. The summed E-state index contributed by atoms with van der Waals surface area (Å²) in [7, 11) is -1.70. The van der Waals surface area contributed by atoms with Crippen molar-refractivity contribution in [2.45, 2.75) is 44.2 Å². The maximum atomic E-state index is 12.3. The van der Waals surface area contributed by atoms with Gasteiger partial charge in [0.1, 0.15) is 4.90 Å². The fourth-order valence-corrected chi connectivity index (χ4v) is 3.38.